The summed E-state index contributed by atoms with van der Waals surface area (Å²) in [6, 6.07) is 7.85. The number of carbonyl (C=O) groups is 4. The van der Waals surface area contributed by atoms with E-state index in [1.807, 2.05) is 0 Å². The van der Waals surface area contributed by atoms with Gasteiger partial charge < -0.3 is 24.3 Å². The van der Waals surface area contributed by atoms with Crippen molar-refractivity contribution >= 4 is 51.8 Å². The van der Waals surface area contributed by atoms with E-state index in [-0.39, 0.29) is 23.9 Å². The molecule has 10 nitrogen and oxygen atoms in total. The molecule has 0 atom stereocenters. The van der Waals surface area contributed by atoms with Crippen molar-refractivity contribution in [2.24, 2.45) is 0 Å². The third-order valence-corrected chi connectivity index (χ3v) is 5.68. The van der Waals surface area contributed by atoms with Crippen LogP contribution in [0.3, 0.4) is 0 Å². The van der Waals surface area contributed by atoms with Crippen molar-refractivity contribution in [3.63, 3.8) is 0 Å². The highest BCUT2D eigenvalue weighted by atomic mass is 35.5. The Balaban J connectivity index is 1.69. The van der Waals surface area contributed by atoms with E-state index < -0.39 is 23.6 Å². The van der Waals surface area contributed by atoms with Crippen molar-refractivity contribution < 1.29 is 28.7 Å². The van der Waals surface area contributed by atoms with Gasteiger partial charge in [-0.25, -0.2) is 4.98 Å². The molecular weight excluding hydrogens is 476 g/mol. The highest BCUT2D eigenvalue weighted by Crippen LogP contribution is 2.27. The lowest BCUT2D eigenvalue weighted by atomic mass is 10.1. The number of nitrogens with one attached hydrogen (secondary N) is 1. The molecule has 3 aromatic rings. The van der Waals surface area contributed by atoms with Crippen LogP contribution in [0.1, 0.15) is 27.6 Å². The number of morpholine rings is 1. The summed E-state index contributed by atoms with van der Waals surface area (Å²) in [5.74, 6) is -2.25. The summed E-state index contributed by atoms with van der Waals surface area (Å²) in [7, 11) is 0. The fraction of sp³-hybridized carbons (Fsp3) is 0.292. The first kappa shape index (κ1) is 24.4. The second-order valence-electron chi connectivity index (χ2n) is 7.76. The summed E-state index contributed by atoms with van der Waals surface area (Å²) in [5, 5.41) is 3.36. The Kier molecular flexibility index (Phi) is 7.42. The number of fused-ring (bicyclic) bond motifs is 1. The molecule has 3 heterocycles. The Hall–Kier alpha value is -3.76. The first-order valence-electron chi connectivity index (χ1n) is 11.0. The molecule has 35 heavy (non-hydrogen) atoms. The lowest BCUT2D eigenvalue weighted by Crippen LogP contribution is -2.44. The molecule has 1 aliphatic rings. The standard InChI is InChI=1S/C24H23ClN4O6/c1-2-35-21(30)14-29-13-18(22(31)24(33)28-7-9-34-10-8-28)17-12-16(3-4-19(17)29)27-23(32)15-5-6-26-20(25)11-15/h3-6,11-13H,2,7-10,14H2,1H3,(H,27,32). The summed E-state index contributed by atoms with van der Waals surface area (Å²) < 4.78 is 11.9. The van der Waals surface area contributed by atoms with Gasteiger partial charge >= 0.3 is 5.97 Å². The van der Waals surface area contributed by atoms with E-state index in [2.05, 4.69) is 10.3 Å². The Labute approximate surface area is 205 Å². The first-order chi connectivity index (χ1) is 16.9. The Morgan fingerprint density at radius 3 is 2.63 bits per heavy atom. The molecule has 1 N–H and O–H groups in total. The summed E-state index contributed by atoms with van der Waals surface area (Å²) in [4.78, 5) is 56.2. The van der Waals surface area contributed by atoms with E-state index >= 15 is 0 Å². The number of hydrogen-bond donors (Lipinski definition) is 1. The molecule has 0 radical (unpaired) electrons. The number of esters is 1. The van der Waals surface area contributed by atoms with E-state index in [9.17, 15) is 19.2 Å². The number of benzene rings is 1. The fourth-order valence-corrected chi connectivity index (χ4v) is 3.98. The Bertz CT molecular complexity index is 1300. The molecular formula is C24H23ClN4O6. The van der Waals surface area contributed by atoms with Gasteiger partial charge in [-0.2, -0.15) is 0 Å². The number of aromatic nitrogens is 2. The van der Waals surface area contributed by atoms with Crippen molar-refractivity contribution in [2.75, 3.05) is 38.2 Å². The highest BCUT2D eigenvalue weighted by molar-refractivity contribution is 6.45. The second kappa shape index (κ2) is 10.7. The van der Waals surface area contributed by atoms with E-state index in [4.69, 9.17) is 21.1 Å². The quantitative estimate of drug-likeness (QED) is 0.230. The number of amides is 2. The van der Waals surface area contributed by atoms with Crippen LogP contribution in [0.15, 0.2) is 42.7 Å². The number of rotatable bonds is 7. The molecule has 0 unspecified atom stereocenters. The van der Waals surface area contributed by atoms with Gasteiger partial charge in [-0.05, 0) is 37.3 Å². The fourth-order valence-electron chi connectivity index (χ4n) is 3.80. The molecule has 0 spiro atoms. The number of pyridine rings is 1. The zero-order valence-corrected chi connectivity index (χ0v) is 19.7. The van der Waals surface area contributed by atoms with E-state index in [0.717, 1.165) is 0 Å². The van der Waals surface area contributed by atoms with Crippen molar-refractivity contribution in [2.45, 2.75) is 13.5 Å². The zero-order valence-electron chi connectivity index (χ0n) is 19.0. The normalized spacial score (nSPS) is 13.5. The van der Waals surface area contributed by atoms with Crippen LogP contribution in [-0.4, -0.2) is 70.9 Å². The summed E-state index contributed by atoms with van der Waals surface area (Å²) in [6.07, 6.45) is 2.89. The first-order valence-corrected chi connectivity index (χ1v) is 11.4. The van der Waals surface area contributed by atoms with E-state index in [1.54, 1.807) is 29.7 Å². The Morgan fingerprint density at radius 1 is 1.14 bits per heavy atom. The molecule has 11 heteroatoms. The Morgan fingerprint density at radius 2 is 1.91 bits per heavy atom. The van der Waals surface area contributed by atoms with Crippen LogP contribution in [0, 0.1) is 0 Å². The number of halogens is 1. The van der Waals surface area contributed by atoms with E-state index in [0.29, 0.717) is 48.5 Å². The SMILES string of the molecule is CCOC(=O)Cn1cc(C(=O)C(=O)N2CCOCC2)c2cc(NC(=O)c3ccnc(Cl)c3)ccc21. The van der Waals surface area contributed by atoms with Crippen LogP contribution >= 0.6 is 11.6 Å². The number of ketones is 1. The number of ether oxygens (including phenoxy) is 2. The lowest BCUT2D eigenvalue weighted by molar-refractivity contribution is -0.143. The van der Waals surface area contributed by atoms with Crippen LogP contribution in [-0.2, 0) is 25.6 Å². The number of anilines is 1. The zero-order chi connectivity index (χ0) is 24.9. The summed E-state index contributed by atoms with van der Waals surface area (Å²) in [5.41, 5.74) is 1.38. The van der Waals surface area contributed by atoms with Crippen LogP contribution < -0.4 is 5.32 Å². The molecule has 1 saturated heterocycles. The second-order valence-corrected chi connectivity index (χ2v) is 8.15. The van der Waals surface area contributed by atoms with Crippen LogP contribution in [0.25, 0.3) is 10.9 Å². The van der Waals surface area contributed by atoms with Crippen molar-refractivity contribution in [1.82, 2.24) is 14.5 Å². The van der Waals surface area contributed by atoms with Crippen LogP contribution in [0.5, 0.6) is 0 Å². The maximum atomic E-state index is 13.2. The van der Waals surface area contributed by atoms with Crippen molar-refractivity contribution in [1.29, 1.82) is 0 Å². The van der Waals surface area contributed by atoms with Gasteiger partial charge in [0.1, 0.15) is 11.7 Å². The van der Waals surface area contributed by atoms with Crippen molar-refractivity contribution in [3.05, 3.63) is 59.0 Å². The number of hydrogen-bond acceptors (Lipinski definition) is 7. The molecule has 2 aromatic heterocycles. The average molecular weight is 499 g/mol. The molecule has 0 bridgehead atoms. The monoisotopic (exact) mass is 498 g/mol. The van der Waals surface area contributed by atoms with Gasteiger partial charge in [0, 0.05) is 47.6 Å². The molecule has 1 aliphatic heterocycles. The molecule has 182 valence electrons. The van der Waals surface area contributed by atoms with Gasteiger partial charge in [-0.15, -0.1) is 0 Å². The smallest absolute Gasteiger partial charge is 0.325 e. The highest BCUT2D eigenvalue weighted by Gasteiger charge is 2.28. The van der Waals surface area contributed by atoms with Crippen LogP contribution in [0.4, 0.5) is 5.69 Å². The van der Waals surface area contributed by atoms with Gasteiger partial charge in [0.15, 0.2) is 0 Å². The summed E-state index contributed by atoms with van der Waals surface area (Å²) in [6.45, 7) is 3.15. The van der Waals surface area contributed by atoms with Crippen molar-refractivity contribution in [3.8, 4) is 0 Å². The van der Waals surface area contributed by atoms with Gasteiger partial charge in [-0.1, -0.05) is 11.6 Å². The van der Waals surface area contributed by atoms with Crippen LogP contribution in [0.2, 0.25) is 5.15 Å². The van der Waals surface area contributed by atoms with E-state index in [1.165, 1.54) is 29.4 Å². The molecule has 0 saturated carbocycles. The third-order valence-electron chi connectivity index (χ3n) is 5.47. The molecule has 1 aromatic carbocycles. The minimum absolute atomic E-state index is 0.129. The average Bonchev–Trinajstić information content (AvgIpc) is 3.21. The minimum Gasteiger partial charge on any atom is -0.465 e. The number of Topliss-reactive ketones (excluding diaryl/α,β-unsaturated/α-hetero) is 1. The lowest BCUT2D eigenvalue weighted by Gasteiger charge is -2.25. The minimum atomic E-state index is -0.705. The third kappa shape index (κ3) is 5.50. The largest absolute Gasteiger partial charge is 0.465 e. The van der Waals surface area contributed by atoms with Gasteiger partial charge in [-0.3, -0.25) is 19.2 Å². The summed E-state index contributed by atoms with van der Waals surface area (Å²) >= 11 is 5.87. The topological polar surface area (TPSA) is 120 Å². The maximum Gasteiger partial charge on any atom is 0.325 e. The maximum absolute atomic E-state index is 13.2. The number of carbonyl (C=O) groups excluding carboxylic acids is 4. The van der Waals surface area contributed by atoms with Gasteiger partial charge in [0.05, 0.1) is 25.4 Å². The van der Waals surface area contributed by atoms with Gasteiger partial charge in [0.2, 0.25) is 0 Å². The molecule has 0 aliphatic carbocycles. The predicted molar refractivity (Wildman–Crippen MR) is 128 cm³/mol. The molecule has 2 amide bonds. The van der Waals surface area contributed by atoms with Gasteiger partial charge in [0.25, 0.3) is 17.6 Å². The molecule has 1 fully saturated rings. The predicted octanol–water partition coefficient (Wildman–Crippen LogP) is 2.55. The molecule has 4 rings (SSSR count). The number of nitrogens with zero attached hydrogens (tertiary/aromatic N) is 3.